The molecule has 2 aliphatic heterocycles. The minimum absolute atomic E-state index is 0.191. The summed E-state index contributed by atoms with van der Waals surface area (Å²) in [5, 5.41) is 7.28. The molecule has 8 heteroatoms. The van der Waals surface area contributed by atoms with Gasteiger partial charge in [0.25, 0.3) is 0 Å². The molecule has 37 heavy (non-hydrogen) atoms. The molecule has 0 saturated heterocycles. The molecule has 1 unspecified atom stereocenters. The van der Waals surface area contributed by atoms with Crippen LogP contribution >= 0.6 is 15.9 Å². The van der Waals surface area contributed by atoms with Gasteiger partial charge < -0.3 is 29.0 Å². The molecule has 0 amide bonds. The van der Waals surface area contributed by atoms with E-state index < -0.39 is 0 Å². The zero-order chi connectivity index (χ0) is 25.8. The third kappa shape index (κ3) is 3.50. The fourth-order valence-electron chi connectivity index (χ4n) is 5.47. The Bertz CT molecular complexity index is 1640. The van der Waals surface area contributed by atoms with Crippen LogP contribution in [0.4, 0.5) is 5.69 Å². The summed E-state index contributed by atoms with van der Waals surface area (Å²) in [4.78, 5) is 13.1. The number of nitrogens with one attached hydrogen (secondary N) is 1. The highest BCUT2D eigenvalue weighted by Crippen LogP contribution is 2.53. The van der Waals surface area contributed by atoms with Crippen molar-refractivity contribution in [2.75, 3.05) is 40.4 Å². The van der Waals surface area contributed by atoms with Crippen LogP contribution in [0.15, 0.2) is 64.3 Å². The second-order valence-corrected chi connectivity index (χ2v) is 9.79. The Morgan fingerprint density at radius 2 is 1.38 bits per heavy atom. The van der Waals surface area contributed by atoms with Crippen molar-refractivity contribution in [3.05, 3.63) is 75.4 Å². The number of rotatable bonds is 5. The molecule has 0 radical (unpaired) electrons. The van der Waals surface area contributed by atoms with Gasteiger partial charge in [0.1, 0.15) is 6.61 Å². The van der Waals surface area contributed by atoms with E-state index in [1.54, 1.807) is 28.4 Å². The average Bonchev–Trinajstić information content (AvgIpc) is 3.30. The lowest BCUT2D eigenvalue weighted by molar-refractivity contribution is -0.136. The highest BCUT2D eigenvalue weighted by Gasteiger charge is 2.40. The minimum atomic E-state index is -0.364. The fraction of sp³-hybridized carbons (Fsp3) is 0.207. The van der Waals surface area contributed by atoms with Gasteiger partial charge in [-0.05, 0) is 63.7 Å². The van der Waals surface area contributed by atoms with Crippen LogP contribution in [0.25, 0.3) is 21.5 Å². The number of esters is 1. The highest BCUT2D eigenvalue weighted by atomic mass is 79.9. The predicted molar refractivity (Wildman–Crippen MR) is 145 cm³/mol. The normalized spacial score (nSPS) is 16.2. The summed E-state index contributed by atoms with van der Waals surface area (Å²) < 4.78 is 29.1. The molecule has 2 aliphatic rings. The molecule has 2 heterocycles. The summed E-state index contributed by atoms with van der Waals surface area (Å²) in [5.74, 6) is 1.74. The Hall–Kier alpha value is -3.91. The highest BCUT2D eigenvalue weighted by molar-refractivity contribution is 9.10. The molecule has 6 rings (SSSR count). The van der Waals surface area contributed by atoms with E-state index in [0.29, 0.717) is 28.6 Å². The smallest absolute Gasteiger partial charge is 0.337 e. The van der Waals surface area contributed by atoms with E-state index in [9.17, 15) is 4.79 Å². The van der Waals surface area contributed by atoms with Crippen LogP contribution in [0, 0.1) is 0 Å². The maximum atomic E-state index is 13.1. The molecule has 0 bridgehead atoms. The number of cyclic esters (lactones) is 1. The van der Waals surface area contributed by atoms with E-state index in [1.165, 1.54) is 0 Å². The van der Waals surface area contributed by atoms with Crippen molar-refractivity contribution < 1.29 is 28.5 Å². The second-order valence-electron chi connectivity index (χ2n) is 8.88. The number of hydrogen-bond donors (Lipinski definition) is 1. The molecule has 4 aromatic carbocycles. The molecule has 4 aromatic rings. The molecule has 188 valence electrons. The zero-order valence-corrected chi connectivity index (χ0v) is 22.3. The van der Waals surface area contributed by atoms with Gasteiger partial charge >= 0.3 is 5.97 Å². The van der Waals surface area contributed by atoms with Crippen LogP contribution in [-0.4, -0.2) is 41.0 Å². The lowest BCUT2D eigenvalue weighted by atomic mass is 9.77. The number of carbonyl (C=O) groups is 1. The van der Waals surface area contributed by atoms with E-state index in [4.69, 9.17) is 23.7 Å². The second kappa shape index (κ2) is 8.88. The van der Waals surface area contributed by atoms with Crippen LogP contribution in [0.3, 0.4) is 0 Å². The number of ether oxygens (including phenoxy) is 5. The van der Waals surface area contributed by atoms with Gasteiger partial charge in [0.05, 0.1) is 45.4 Å². The van der Waals surface area contributed by atoms with Gasteiger partial charge in [-0.25, -0.2) is 4.79 Å². The molecule has 0 aromatic heterocycles. The zero-order valence-electron chi connectivity index (χ0n) is 20.7. The van der Waals surface area contributed by atoms with Crippen molar-refractivity contribution in [3.63, 3.8) is 0 Å². The molecule has 0 aliphatic carbocycles. The van der Waals surface area contributed by atoms with Crippen LogP contribution < -0.4 is 24.3 Å². The Labute approximate surface area is 222 Å². The Morgan fingerprint density at radius 1 is 0.811 bits per heavy atom. The van der Waals surface area contributed by atoms with Gasteiger partial charge in [-0.1, -0.05) is 28.1 Å². The SMILES string of the molecule is COc1cc2c3c(c4cc(OC)c(OC)cc4c2cc1OC)C(c1cccc(Br)c1)C1=C(COC1=O)N3. The van der Waals surface area contributed by atoms with Crippen LogP contribution in [0.2, 0.25) is 0 Å². The molecular formula is C29H24BrNO6. The monoisotopic (exact) mass is 561 g/mol. The maximum absolute atomic E-state index is 13.1. The Balaban J connectivity index is 1.81. The van der Waals surface area contributed by atoms with Crippen molar-refractivity contribution >= 4 is 49.1 Å². The van der Waals surface area contributed by atoms with Crippen molar-refractivity contribution in [2.24, 2.45) is 0 Å². The van der Waals surface area contributed by atoms with Crippen LogP contribution in [0.5, 0.6) is 23.0 Å². The standard InChI is InChI=1S/C29H24BrNO6/c1-33-21-9-16-17-10-22(34-2)24(36-4)12-19(17)28-26(18(16)11-23(21)35-3)25(14-6-5-7-15(30)8-14)27-20(31-28)13-37-29(27)32/h5-12,25,31H,13H2,1-4H3. The first-order chi connectivity index (χ1) is 18.0. The summed E-state index contributed by atoms with van der Waals surface area (Å²) >= 11 is 3.61. The van der Waals surface area contributed by atoms with Crippen molar-refractivity contribution in [2.45, 2.75) is 5.92 Å². The number of halogens is 1. The third-order valence-electron chi connectivity index (χ3n) is 7.09. The first kappa shape index (κ1) is 23.5. The maximum Gasteiger partial charge on any atom is 0.337 e. The minimum Gasteiger partial charge on any atom is -0.493 e. The number of hydrogen-bond acceptors (Lipinski definition) is 7. The molecule has 7 nitrogen and oxygen atoms in total. The number of fused-ring (bicyclic) bond motifs is 6. The van der Waals surface area contributed by atoms with Crippen molar-refractivity contribution in [1.29, 1.82) is 0 Å². The number of anilines is 1. The van der Waals surface area contributed by atoms with Gasteiger partial charge in [-0.3, -0.25) is 0 Å². The average molecular weight is 562 g/mol. The van der Waals surface area contributed by atoms with E-state index >= 15 is 0 Å². The van der Waals surface area contributed by atoms with Crippen molar-refractivity contribution in [3.8, 4) is 23.0 Å². The van der Waals surface area contributed by atoms with E-state index in [2.05, 4.69) is 21.2 Å². The molecule has 1 atom stereocenters. The molecule has 0 spiro atoms. The van der Waals surface area contributed by atoms with E-state index in [0.717, 1.165) is 48.5 Å². The van der Waals surface area contributed by atoms with Gasteiger partial charge in [0, 0.05) is 15.8 Å². The van der Waals surface area contributed by atoms with Crippen LogP contribution in [-0.2, 0) is 9.53 Å². The molecular weight excluding hydrogens is 538 g/mol. The topological polar surface area (TPSA) is 75.2 Å². The number of methoxy groups -OCH3 is 4. The molecule has 0 saturated carbocycles. The molecule has 0 fully saturated rings. The van der Waals surface area contributed by atoms with Gasteiger partial charge in [-0.15, -0.1) is 0 Å². The summed E-state index contributed by atoms with van der Waals surface area (Å²) in [6, 6.07) is 15.9. The number of carbonyl (C=O) groups excluding carboxylic acids is 1. The molecule has 1 N–H and O–H groups in total. The largest absolute Gasteiger partial charge is 0.493 e. The summed E-state index contributed by atoms with van der Waals surface area (Å²) in [6.45, 7) is 0.191. The van der Waals surface area contributed by atoms with Crippen LogP contribution in [0.1, 0.15) is 17.0 Å². The fourth-order valence-corrected chi connectivity index (χ4v) is 5.89. The van der Waals surface area contributed by atoms with E-state index in [1.807, 2.05) is 48.5 Å². The Morgan fingerprint density at radius 3 is 1.97 bits per heavy atom. The summed E-state index contributed by atoms with van der Waals surface area (Å²) in [7, 11) is 6.47. The first-order valence-electron chi connectivity index (χ1n) is 11.7. The first-order valence-corrected chi connectivity index (χ1v) is 12.5. The lowest BCUT2D eigenvalue weighted by Gasteiger charge is -2.31. The van der Waals surface area contributed by atoms with Crippen molar-refractivity contribution in [1.82, 2.24) is 0 Å². The Kier molecular flexibility index (Phi) is 5.64. The summed E-state index contributed by atoms with van der Waals surface area (Å²) in [6.07, 6.45) is 0. The predicted octanol–water partition coefficient (Wildman–Crippen LogP) is 6.16. The van der Waals surface area contributed by atoms with Gasteiger partial charge in [0.15, 0.2) is 23.0 Å². The number of benzene rings is 4. The lowest BCUT2D eigenvalue weighted by Crippen LogP contribution is -2.20. The quantitative estimate of drug-likeness (QED) is 0.231. The summed E-state index contributed by atoms with van der Waals surface area (Å²) in [5.41, 5.74) is 4.18. The van der Waals surface area contributed by atoms with Gasteiger partial charge in [0.2, 0.25) is 0 Å². The van der Waals surface area contributed by atoms with Gasteiger partial charge in [-0.2, -0.15) is 0 Å². The third-order valence-corrected chi connectivity index (χ3v) is 7.59. The van der Waals surface area contributed by atoms with E-state index in [-0.39, 0.29) is 18.5 Å².